The highest BCUT2D eigenvalue weighted by Crippen LogP contribution is 2.37. The normalized spacial score (nSPS) is 10.7. The minimum atomic E-state index is -0.228. The highest BCUT2D eigenvalue weighted by atomic mass is 19.1. The minimum Gasteiger partial charge on any atom is -0.308 e. The Morgan fingerprint density at radius 2 is 1.12 bits per heavy atom. The molecule has 122 valence electrons. The Labute approximate surface area is 143 Å². The SMILES string of the molecule is Cc1ccc(N(c2ccc(C)c(C)c2)c2ccccc2F)cc1C. The summed E-state index contributed by atoms with van der Waals surface area (Å²) >= 11 is 0. The lowest BCUT2D eigenvalue weighted by atomic mass is 10.1. The minimum absolute atomic E-state index is 0.228. The first-order valence-electron chi connectivity index (χ1n) is 8.16. The fourth-order valence-electron chi connectivity index (χ4n) is 2.79. The standard InChI is InChI=1S/C22H22FN/c1-15-9-11-19(13-17(15)3)24(22-8-6-5-7-21(22)23)20-12-10-16(2)18(4)14-20/h5-14H,1-4H3. The Kier molecular flexibility index (Phi) is 4.39. The number of nitrogens with zero attached hydrogens (tertiary/aromatic N) is 1. The van der Waals surface area contributed by atoms with Crippen molar-refractivity contribution in [2.24, 2.45) is 0 Å². The molecule has 0 unspecified atom stereocenters. The molecule has 1 nitrogen and oxygen atoms in total. The number of hydrogen-bond donors (Lipinski definition) is 0. The number of hydrogen-bond acceptors (Lipinski definition) is 1. The summed E-state index contributed by atoms with van der Waals surface area (Å²) < 4.78 is 14.5. The van der Waals surface area contributed by atoms with Crippen molar-refractivity contribution in [2.45, 2.75) is 27.7 Å². The number of aryl methyl sites for hydroxylation is 4. The van der Waals surface area contributed by atoms with Gasteiger partial charge in [-0.3, -0.25) is 0 Å². The quantitative estimate of drug-likeness (QED) is 0.530. The Bertz CT molecular complexity index is 831. The van der Waals surface area contributed by atoms with E-state index in [4.69, 9.17) is 0 Å². The summed E-state index contributed by atoms with van der Waals surface area (Å²) in [7, 11) is 0. The molecule has 0 spiro atoms. The third-order valence-electron chi connectivity index (χ3n) is 4.59. The van der Waals surface area contributed by atoms with Crippen LogP contribution in [0.5, 0.6) is 0 Å². The van der Waals surface area contributed by atoms with E-state index < -0.39 is 0 Å². The molecule has 0 radical (unpaired) electrons. The molecule has 0 saturated carbocycles. The lowest BCUT2D eigenvalue weighted by Crippen LogP contribution is -2.12. The van der Waals surface area contributed by atoms with Crippen molar-refractivity contribution in [2.75, 3.05) is 4.90 Å². The molecule has 0 bridgehead atoms. The van der Waals surface area contributed by atoms with Crippen LogP contribution in [-0.4, -0.2) is 0 Å². The fourth-order valence-corrected chi connectivity index (χ4v) is 2.79. The van der Waals surface area contributed by atoms with E-state index in [2.05, 4.69) is 52.0 Å². The highest BCUT2D eigenvalue weighted by Gasteiger charge is 2.16. The second kappa shape index (κ2) is 6.48. The molecular weight excluding hydrogens is 297 g/mol. The molecule has 3 aromatic carbocycles. The van der Waals surface area contributed by atoms with Gasteiger partial charge in [0.05, 0.1) is 5.69 Å². The monoisotopic (exact) mass is 319 g/mol. The summed E-state index contributed by atoms with van der Waals surface area (Å²) in [6.07, 6.45) is 0. The van der Waals surface area contributed by atoms with E-state index in [1.54, 1.807) is 6.07 Å². The third-order valence-corrected chi connectivity index (χ3v) is 4.59. The zero-order chi connectivity index (χ0) is 17.3. The molecule has 2 heteroatoms. The molecule has 0 fully saturated rings. The first-order valence-corrected chi connectivity index (χ1v) is 8.16. The van der Waals surface area contributed by atoms with Gasteiger partial charge in [-0.25, -0.2) is 4.39 Å². The van der Waals surface area contributed by atoms with Gasteiger partial charge in [-0.1, -0.05) is 24.3 Å². The zero-order valence-corrected chi connectivity index (χ0v) is 14.6. The molecule has 0 N–H and O–H groups in total. The number of benzene rings is 3. The van der Waals surface area contributed by atoms with Crippen LogP contribution in [0.3, 0.4) is 0 Å². The van der Waals surface area contributed by atoms with Gasteiger partial charge < -0.3 is 4.90 Å². The van der Waals surface area contributed by atoms with Crippen LogP contribution in [0.25, 0.3) is 0 Å². The molecule has 3 rings (SSSR count). The maximum Gasteiger partial charge on any atom is 0.147 e. The van der Waals surface area contributed by atoms with Crippen LogP contribution in [0.15, 0.2) is 60.7 Å². The lowest BCUT2D eigenvalue weighted by Gasteiger charge is -2.27. The average molecular weight is 319 g/mol. The second-order valence-electron chi connectivity index (χ2n) is 6.32. The molecule has 3 aromatic rings. The van der Waals surface area contributed by atoms with Crippen LogP contribution in [0.1, 0.15) is 22.3 Å². The van der Waals surface area contributed by atoms with Crippen LogP contribution in [0.4, 0.5) is 21.5 Å². The van der Waals surface area contributed by atoms with Gasteiger partial charge in [-0.15, -0.1) is 0 Å². The Hall–Kier alpha value is -2.61. The average Bonchev–Trinajstić information content (AvgIpc) is 2.56. The first kappa shape index (κ1) is 16.3. The maximum absolute atomic E-state index is 14.5. The molecule has 0 aliphatic rings. The predicted octanol–water partition coefficient (Wildman–Crippen LogP) is 6.53. The maximum atomic E-state index is 14.5. The number of para-hydroxylation sites is 1. The van der Waals surface area contributed by atoms with Crippen molar-refractivity contribution < 1.29 is 4.39 Å². The van der Waals surface area contributed by atoms with Crippen molar-refractivity contribution in [3.05, 3.63) is 88.7 Å². The van der Waals surface area contributed by atoms with Gasteiger partial charge in [0, 0.05) is 11.4 Å². The van der Waals surface area contributed by atoms with Gasteiger partial charge in [0.25, 0.3) is 0 Å². The summed E-state index contributed by atoms with van der Waals surface area (Å²) in [4.78, 5) is 1.98. The van der Waals surface area contributed by atoms with Crippen LogP contribution >= 0.6 is 0 Å². The van der Waals surface area contributed by atoms with Crippen LogP contribution in [0, 0.1) is 33.5 Å². The first-order chi connectivity index (χ1) is 11.5. The molecule has 0 heterocycles. The van der Waals surface area contributed by atoms with E-state index in [1.165, 1.54) is 28.3 Å². The summed E-state index contributed by atoms with van der Waals surface area (Å²) in [5, 5.41) is 0. The van der Waals surface area contributed by atoms with Gasteiger partial charge in [0.1, 0.15) is 5.82 Å². The van der Waals surface area contributed by atoms with Crippen molar-refractivity contribution >= 4 is 17.1 Å². The summed E-state index contributed by atoms with van der Waals surface area (Å²) in [6.45, 7) is 8.34. The van der Waals surface area contributed by atoms with E-state index in [9.17, 15) is 4.39 Å². The third kappa shape index (κ3) is 3.05. The second-order valence-corrected chi connectivity index (χ2v) is 6.32. The summed E-state index contributed by atoms with van der Waals surface area (Å²) in [5.74, 6) is -0.228. The topological polar surface area (TPSA) is 3.24 Å². The number of anilines is 3. The van der Waals surface area contributed by atoms with Gasteiger partial charge >= 0.3 is 0 Å². The van der Waals surface area contributed by atoms with Gasteiger partial charge in [0.15, 0.2) is 0 Å². The van der Waals surface area contributed by atoms with Crippen molar-refractivity contribution in [3.63, 3.8) is 0 Å². The molecule has 0 aliphatic heterocycles. The summed E-state index contributed by atoms with van der Waals surface area (Å²) in [6, 6.07) is 19.4. The van der Waals surface area contributed by atoms with Crippen LogP contribution in [-0.2, 0) is 0 Å². The molecule has 24 heavy (non-hydrogen) atoms. The van der Waals surface area contributed by atoms with Crippen LogP contribution < -0.4 is 4.90 Å². The van der Waals surface area contributed by atoms with Crippen molar-refractivity contribution in [1.29, 1.82) is 0 Å². The molecule has 0 amide bonds. The largest absolute Gasteiger partial charge is 0.308 e. The van der Waals surface area contributed by atoms with Crippen molar-refractivity contribution in [1.82, 2.24) is 0 Å². The Balaban J connectivity index is 2.22. The van der Waals surface area contributed by atoms with E-state index in [0.717, 1.165) is 11.4 Å². The van der Waals surface area contributed by atoms with E-state index in [1.807, 2.05) is 29.2 Å². The molecule has 0 saturated heterocycles. The molecule has 0 aromatic heterocycles. The lowest BCUT2D eigenvalue weighted by molar-refractivity contribution is 0.629. The smallest absolute Gasteiger partial charge is 0.147 e. The van der Waals surface area contributed by atoms with E-state index in [0.29, 0.717) is 5.69 Å². The van der Waals surface area contributed by atoms with Crippen LogP contribution in [0.2, 0.25) is 0 Å². The highest BCUT2D eigenvalue weighted by molar-refractivity contribution is 5.77. The molecule has 0 atom stereocenters. The molecule has 0 aliphatic carbocycles. The Morgan fingerprint density at radius 1 is 0.625 bits per heavy atom. The van der Waals surface area contributed by atoms with E-state index in [-0.39, 0.29) is 5.82 Å². The van der Waals surface area contributed by atoms with Gasteiger partial charge in [-0.05, 0) is 86.3 Å². The summed E-state index contributed by atoms with van der Waals surface area (Å²) in [5.41, 5.74) is 7.33. The number of halogens is 1. The zero-order valence-electron chi connectivity index (χ0n) is 14.6. The molecular formula is C22H22FN. The fraction of sp³-hybridized carbons (Fsp3) is 0.182. The predicted molar refractivity (Wildman–Crippen MR) is 100 cm³/mol. The van der Waals surface area contributed by atoms with Gasteiger partial charge in [-0.2, -0.15) is 0 Å². The van der Waals surface area contributed by atoms with E-state index >= 15 is 0 Å². The van der Waals surface area contributed by atoms with Gasteiger partial charge in [0.2, 0.25) is 0 Å². The van der Waals surface area contributed by atoms with Crippen molar-refractivity contribution in [3.8, 4) is 0 Å². The number of rotatable bonds is 3. The Morgan fingerprint density at radius 3 is 1.58 bits per heavy atom.